The van der Waals surface area contributed by atoms with Crippen molar-refractivity contribution in [1.29, 1.82) is 0 Å². The van der Waals surface area contributed by atoms with Crippen LogP contribution in [-0.4, -0.2) is 7.05 Å². The predicted octanol–water partition coefficient (Wildman–Crippen LogP) is 3.34. The average Bonchev–Trinajstić information content (AvgIpc) is 2.74. The fourth-order valence-electron chi connectivity index (χ4n) is 2.04. The summed E-state index contributed by atoms with van der Waals surface area (Å²) in [6.45, 7) is 3.08. The van der Waals surface area contributed by atoms with Gasteiger partial charge in [-0.3, -0.25) is 0 Å². The van der Waals surface area contributed by atoms with Gasteiger partial charge in [0.15, 0.2) is 0 Å². The number of furan rings is 1. The highest BCUT2D eigenvalue weighted by Gasteiger charge is 2.12. The van der Waals surface area contributed by atoms with Crippen molar-refractivity contribution < 1.29 is 4.42 Å². The second-order valence-electron chi connectivity index (χ2n) is 4.32. The van der Waals surface area contributed by atoms with Gasteiger partial charge in [-0.1, -0.05) is 23.7 Å². The van der Waals surface area contributed by atoms with E-state index in [4.69, 9.17) is 21.8 Å². The Labute approximate surface area is 112 Å². The Kier molecular flexibility index (Phi) is 3.94. The van der Waals surface area contributed by atoms with Gasteiger partial charge in [0, 0.05) is 13.6 Å². The van der Waals surface area contributed by atoms with Crippen LogP contribution >= 0.6 is 11.6 Å². The Morgan fingerprint density at radius 2 is 2.06 bits per heavy atom. The number of nitrogens with two attached hydrogens (primary N) is 1. The lowest BCUT2D eigenvalue weighted by molar-refractivity contribution is 0.481. The fourth-order valence-corrected chi connectivity index (χ4v) is 2.37. The molecule has 0 amide bonds. The van der Waals surface area contributed by atoms with E-state index in [9.17, 15) is 0 Å². The molecule has 1 heterocycles. The van der Waals surface area contributed by atoms with Crippen molar-refractivity contribution in [1.82, 2.24) is 0 Å². The van der Waals surface area contributed by atoms with E-state index in [0.717, 1.165) is 22.8 Å². The number of anilines is 1. The molecule has 2 N–H and O–H groups in total. The summed E-state index contributed by atoms with van der Waals surface area (Å²) in [5, 5.41) is 0.712. The summed E-state index contributed by atoms with van der Waals surface area (Å²) in [6.07, 6.45) is 0. The molecule has 0 fully saturated rings. The number of hydrogen-bond donors (Lipinski definition) is 1. The van der Waals surface area contributed by atoms with E-state index in [0.29, 0.717) is 18.1 Å². The van der Waals surface area contributed by atoms with E-state index in [1.807, 2.05) is 44.3 Å². The highest BCUT2D eigenvalue weighted by Crippen LogP contribution is 2.30. The van der Waals surface area contributed by atoms with Gasteiger partial charge in [-0.25, -0.2) is 0 Å². The van der Waals surface area contributed by atoms with Gasteiger partial charge in [-0.05, 0) is 30.7 Å². The van der Waals surface area contributed by atoms with Gasteiger partial charge in [0.25, 0.3) is 0 Å². The van der Waals surface area contributed by atoms with E-state index in [1.54, 1.807) is 0 Å². The van der Waals surface area contributed by atoms with Crippen LogP contribution in [0.15, 0.2) is 34.7 Å². The maximum absolute atomic E-state index is 6.25. The minimum Gasteiger partial charge on any atom is -0.464 e. The molecule has 0 aliphatic rings. The van der Waals surface area contributed by atoms with Crippen LogP contribution < -0.4 is 10.6 Å². The highest BCUT2D eigenvalue weighted by atomic mass is 35.5. The Morgan fingerprint density at radius 1 is 1.28 bits per heavy atom. The van der Waals surface area contributed by atoms with Crippen molar-refractivity contribution in [2.45, 2.75) is 20.0 Å². The first-order valence-electron chi connectivity index (χ1n) is 5.85. The zero-order valence-electron chi connectivity index (χ0n) is 10.6. The zero-order chi connectivity index (χ0) is 13.1. The van der Waals surface area contributed by atoms with Crippen molar-refractivity contribution in [3.63, 3.8) is 0 Å². The molecule has 0 aliphatic carbocycles. The van der Waals surface area contributed by atoms with Crippen molar-refractivity contribution in [3.8, 4) is 0 Å². The maximum atomic E-state index is 6.25. The molecule has 96 valence electrons. The molecule has 1 aromatic heterocycles. The number of rotatable bonds is 4. The molecule has 0 bridgehead atoms. The van der Waals surface area contributed by atoms with Gasteiger partial charge in [0.1, 0.15) is 11.5 Å². The number of halogens is 1. The lowest BCUT2D eigenvalue weighted by atomic mass is 10.1. The molecule has 1 aromatic carbocycles. The van der Waals surface area contributed by atoms with E-state index >= 15 is 0 Å². The van der Waals surface area contributed by atoms with Crippen LogP contribution in [0.2, 0.25) is 5.02 Å². The van der Waals surface area contributed by atoms with E-state index < -0.39 is 0 Å². The molecule has 0 saturated carbocycles. The molecule has 18 heavy (non-hydrogen) atoms. The third-order valence-electron chi connectivity index (χ3n) is 2.86. The minimum atomic E-state index is 0.470. The molecule has 0 radical (unpaired) electrons. The maximum Gasteiger partial charge on any atom is 0.123 e. The van der Waals surface area contributed by atoms with Crippen LogP contribution in [-0.2, 0) is 13.1 Å². The topological polar surface area (TPSA) is 42.4 Å². The molecule has 2 rings (SSSR count). The van der Waals surface area contributed by atoms with Gasteiger partial charge in [-0.15, -0.1) is 0 Å². The third kappa shape index (κ3) is 2.68. The lowest BCUT2D eigenvalue weighted by Gasteiger charge is -2.22. The Morgan fingerprint density at radius 3 is 2.67 bits per heavy atom. The predicted molar refractivity (Wildman–Crippen MR) is 74.9 cm³/mol. The van der Waals surface area contributed by atoms with Gasteiger partial charge in [0.05, 0.1) is 17.3 Å². The Balaban J connectivity index is 2.25. The van der Waals surface area contributed by atoms with Gasteiger partial charge < -0.3 is 15.1 Å². The van der Waals surface area contributed by atoms with Crippen molar-refractivity contribution >= 4 is 17.3 Å². The monoisotopic (exact) mass is 264 g/mol. The first kappa shape index (κ1) is 13.0. The number of nitrogens with zero attached hydrogens (tertiary/aromatic N) is 1. The normalized spacial score (nSPS) is 10.7. The van der Waals surface area contributed by atoms with Gasteiger partial charge in [0.2, 0.25) is 0 Å². The summed E-state index contributed by atoms with van der Waals surface area (Å²) >= 11 is 6.25. The molecule has 3 nitrogen and oxygen atoms in total. The van der Waals surface area contributed by atoms with Crippen LogP contribution in [0.3, 0.4) is 0 Å². The quantitative estimate of drug-likeness (QED) is 0.921. The average molecular weight is 265 g/mol. The minimum absolute atomic E-state index is 0.470. The summed E-state index contributed by atoms with van der Waals surface area (Å²) in [5.74, 6) is 1.83. The fraction of sp³-hybridized carbons (Fsp3) is 0.286. The summed E-state index contributed by atoms with van der Waals surface area (Å²) in [4.78, 5) is 2.06. The van der Waals surface area contributed by atoms with Crippen LogP contribution in [0.25, 0.3) is 0 Å². The smallest absolute Gasteiger partial charge is 0.123 e. The SMILES string of the molecule is Cc1ccc(CN(C)c2c(Cl)cccc2CN)o1. The van der Waals surface area contributed by atoms with Crippen molar-refractivity contribution in [2.24, 2.45) is 5.73 Å². The van der Waals surface area contributed by atoms with Crippen LogP contribution in [0.1, 0.15) is 17.1 Å². The van der Waals surface area contributed by atoms with E-state index in [-0.39, 0.29) is 0 Å². The standard InChI is InChI=1S/C14H17ClN2O/c1-10-6-7-12(18-10)9-17(2)14-11(8-16)4-3-5-13(14)15/h3-7H,8-9,16H2,1-2H3. The zero-order valence-corrected chi connectivity index (χ0v) is 11.4. The molecular formula is C14H17ClN2O. The second-order valence-corrected chi connectivity index (χ2v) is 4.73. The Bertz CT molecular complexity index is 536. The van der Waals surface area contributed by atoms with Crippen molar-refractivity contribution in [2.75, 3.05) is 11.9 Å². The van der Waals surface area contributed by atoms with Crippen LogP contribution in [0.4, 0.5) is 5.69 Å². The third-order valence-corrected chi connectivity index (χ3v) is 3.17. The molecular weight excluding hydrogens is 248 g/mol. The molecule has 2 aromatic rings. The number of benzene rings is 1. The Hall–Kier alpha value is -1.45. The molecule has 4 heteroatoms. The van der Waals surface area contributed by atoms with E-state index in [2.05, 4.69) is 4.90 Å². The van der Waals surface area contributed by atoms with Crippen LogP contribution in [0, 0.1) is 6.92 Å². The number of hydrogen-bond acceptors (Lipinski definition) is 3. The highest BCUT2D eigenvalue weighted by molar-refractivity contribution is 6.33. The number of aryl methyl sites for hydroxylation is 1. The number of para-hydroxylation sites is 1. The molecule has 0 atom stereocenters. The largest absolute Gasteiger partial charge is 0.464 e. The summed E-state index contributed by atoms with van der Waals surface area (Å²) in [6, 6.07) is 9.72. The molecule has 0 saturated heterocycles. The lowest BCUT2D eigenvalue weighted by Crippen LogP contribution is -2.19. The summed E-state index contributed by atoms with van der Waals surface area (Å²) in [7, 11) is 1.98. The first-order chi connectivity index (χ1) is 8.61. The first-order valence-corrected chi connectivity index (χ1v) is 6.23. The molecule has 0 aliphatic heterocycles. The molecule has 0 spiro atoms. The van der Waals surface area contributed by atoms with Gasteiger partial charge in [-0.2, -0.15) is 0 Å². The second kappa shape index (κ2) is 5.46. The van der Waals surface area contributed by atoms with Gasteiger partial charge >= 0.3 is 0 Å². The summed E-state index contributed by atoms with van der Waals surface area (Å²) < 4.78 is 5.57. The molecule has 0 unspecified atom stereocenters. The van der Waals surface area contributed by atoms with Crippen LogP contribution in [0.5, 0.6) is 0 Å². The summed E-state index contributed by atoms with van der Waals surface area (Å²) in [5.41, 5.74) is 7.75. The van der Waals surface area contributed by atoms with E-state index in [1.165, 1.54) is 0 Å². The van der Waals surface area contributed by atoms with Crippen molar-refractivity contribution in [3.05, 3.63) is 52.4 Å².